The molecule has 0 spiro atoms. The number of aryl methyl sites for hydroxylation is 1. The Labute approximate surface area is 112 Å². The van der Waals surface area contributed by atoms with Crippen LogP contribution in [0, 0.1) is 11.8 Å². The van der Waals surface area contributed by atoms with Crippen molar-refractivity contribution in [3.05, 3.63) is 42.0 Å². The van der Waals surface area contributed by atoms with Crippen molar-refractivity contribution in [3.8, 4) is 17.6 Å². The number of hydrogen-bond donors (Lipinski definition) is 1. The number of rotatable bonds is 4. The summed E-state index contributed by atoms with van der Waals surface area (Å²) in [6.07, 6.45) is 1.54. The second kappa shape index (κ2) is 6.57. The molecule has 0 saturated carbocycles. The number of hydrogen-bond acceptors (Lipinski definition) is 4. The molecule has 5 nitrogen and oxygen atoms in total. The molecule has 0 aliphatic carbocycles. The van der Waals surface area contributed by atoms with Gasteiger partial charge in [-0.1, -0.05) is 11.8 Å². The number of nitrogens with two attached hydrogens (primary N) is 1. The van der Waals surface area contributed by atoms with Gasteiger partial charge in [0, 0.05) is 12.1 Å². The maximum atomic E-state index is 5.66. The van der Waals surface area contributed by atoms with Crippen LogP contribution in [0.1, 0.15) is 18.3 Å². The summed E-state index contributed by atoms with van der Waals surface area (Å²) in [5.74, 6) is 7.37. The van der Waals surface area contributed by atoms with Crippen LogP contribution in [0.25, 0.3) is 0 Å². The third-order valence-electron chi connectivity index (χ3n) is 2.55. The van der Waals surface area contributed by atoms with Crippen LogP contribution in [0.15, 0.2) is 30.6 Å². The van der Waals surface area contributed by atoms with Gasteiger partial charge in [0.05, 0.1) is 6.54 Å². The summed E-state index contributed by atoms with van der Waals surface area (Å²) in [6, 6.07) is 7.57. The maximum Gasteiger partial charge on any atom is 0.164 e. The van der Waals surface area contributed by atoms with Crippen molar-refractivity contribution >= 4 is 0 Å². The maximum absolute atomic E-state index is 5.66. The first kappa shape index (κ1) is 13.1. The molecule has 0 saturated heterocycles. The first-order valence-corrected chi connectivity index (χ1v) is 6.12. The largest absolute Gasteiger partial charge is 0.486 e. The van der Waals surface area contributed by atoms with E-state index < -0.39 is 0 Å². The Hall–Kier alpha value is -2.32. The van der Waals surface area contributed by atoms with Gasteiger partial charge in [-0.3, -0.25) is 0 Å². The zero-order chi connectivity index (χ0) is 13.5. The molecule has 19 heavy (non-hydrogen) atoms. The predicted molar refractivity (Wildman–Crippen MR) is 72.4 cm³/mol. The van der Waals surface area contributed by atoms with E-state index in [2.05, 4.69) is 21.9 Å². The van der Waals surface area contributed by atoms with Crippen LogP contribution < -0.4 is 10.5 Å². The van der Waals surface area contributed by atoms with Crippen molar-refractivity contribution in [1.82, 2.24) is 14.8 Å². The Morgan fingerprint density at radius 3 is 2.79 bits per heavy atom. The fourth-order valence-corrected chi connectivity index (χ4v) is 1.60. The standard InChI is InChI=1S/C14H16N4O/c1-2-18-14(16-11-17-18)10-19-13-7-5-12(6-8-13)4-3-9-15/h5-8,11H,2,9-10,15H2,1H3. The van der Waals surface area contributed by atoms with Gasteiger partial charge in [0.1, 0.15) is 18.7 Å². The minimum atomic E-state index is 0.366. The van der Waals surface area contributed by atoms with Gasteiger partial charge in [0.2, 0.25) is 0 Å². The molecule has 5 heteroatoms. The molecule has 1 aromatic carbocycles. The fourth-order valence-electron chi connectivity index (χ4n) is 1.60. The SMILES string of the molecule is CCn1ncnc1COc1ccc(C#CCN)cc1. The topological polar surface area (TPSA) is 66.0 Å². The third-order valence-corrected chi connectivity index (χ3v) is 2.55. The molecule has 0 unspecified atom stereocenters. The Morgan fingerprint density at radius 1 is 1.32 bits per heavy atom. The van der Waals surface area contributed by atoms with E-state index in [1.54, 1.807) is 4.68 Å². The lowest BCUT2D eigenvalue weighted by atomic mass is 10.2. The minimum absolute atomic E-state index is 0.366. The number of benzene rings is 1. The Kier molecular flexibility index (Phi) is 4.54. The Bertz CT molecular complexity index is 577. The molecule has 1 aromatic heterocycles. The highest BCUT2D eigenvalue weighted by Crippen LogP contribution is 2.13. The summed E-state index contributed by atoms with van der Waals surface area (Å²) in [7, 11) is 0. The fraction of sp³-hybridized carbons (Fsp3) is 0.286. The van der Waals surface area contributed by atoms with E-state index in [1.807, 2.05) is 31.2 Å². The van der Waals surface area contributed by atoms with Crippen LogP contribution in [0.4, 0.5) is 0 Å². The normalized spacial score (nSPS) is 9.79. The van der Waals surface area contributed by atoms with Crippen molar-refractivity contribution in [2.24, 2.45) is 5.73 Å². The summed E-state index contributed by atoms with van der Waals surface area (Å²) in [5, 5.41) is 4.09. The van der Waals surface area contributed by atoms with Gasteiger partial charge in [0.15, 0.2) is 5.82 Å². The molecular formula is C14H16N4O. The number of nitrogens with zero attached hydrogens (tertiary/aromatic N) is 3. The van der Waals surface area contributed by atoms with Crippen molar-refractivity contribution in [1.29, 1.82) is 0 Å². The van der Waals surface area contributed by atoms with E-state index in [-0.39, 0.29) is 0 Å². The summed E-state index contributed by atoms with van der Waals surface area (Å²) in [5.41, 5.74) is 6.25. The van der Waals surface area contributed by atoms with E-state index in [9.17, 15) is 0 Å². The molecule has 2 aromatic rings. The monoisotopic (exact) mass is 256 g/mol. The second-order valence-corrected chi connectivity index (χ2v) is 3.81. The molecule has 98 valence electrons. The molecule has 0 fully saturated rings. The summed E-state index contributed by atoms with van der Waals surface area (Å²) >= 11 is 0. The molecule has 2 N–H and O–H groups in total. The van der Waals surface area contributed by atoms with E-state index in [1.165, 1.54) is 6.33 Å². The van der Waals surface area contributed by atoms with Crippen molar-refractivity contribution in [2.75, 3.05) is 6.54 Å². The molecular weight excluding hydrogens is 240 g/mol. The van der Waals surface area contributed by atoms with Crippen molar-refractivity contribution in [2.45, 2.75) is 20.1 Å². The quantitative estimate of drug-likeness (QED) is 0.834. The second-order valence-electron chi connectivity index (χ2n) is 3.81. The molecule has 0 atom stereocenters. The highest BCUT2D eigenvalue weighted by atomic mass is 16.5. The van der Waals surface area contributed by atoms with Gasteiger partial charge in [0.25, 0.3) is 0 Å². The average Bonchev–Trinajstić information content (AvgIpc) is 2.91. The number of aromatic nitrogens is 3. The van der Waals surface area contributed by atoms with E-state index in [0.29, 0.717) is 13.2 Å². The molecule has 0 aliphatic heterocycles. The highest BCUT2D eigenvalue weighted by molar-refractivity contribution is 5.38. The first-order chi connectivity index (χ1) is 9.33. The van der Waals surface area contributed by atoms with Crippen LogP contribution in [-0.2, 0) is 13.2 Å². The van der Waals surface area contributed by atoms with Crippen molar-refractivity contribution < 1.29 is 4.74 Å². The van der Waals surface area contributed by atoms with E-state index in [4.69, 9.17) is 10.5 Å². The van der Waals surface area contributed by atoms with Gasteiger partial charge in [-0.2, -0.15) is 5.10 Å². The van der Waals surface area contributed by atoms with Crippen molar-refractivity contribution in [3.63, 3.8) is 0 Å². The van der Waals surface area contributed by atoms with E-state index in [0.717, 1.165) is 23.7 Å². The molecule has 0 bridgehead atoms. The smallest absolute Gasteiger partial charge is 0.164 e. The average molecular weight is 256 g/mol. The Morgan fingerprint density at radius 2 is 2.11 bits per heavy atom. The van der Waals surface area contributed by atoms with E-state index >= 15 is 0 Å². The zero-order valence-electron chi connectivity index (χ0n) is 10.8. The molecule has 0 radical (unpaired) electrons. The van der Waals surface area contributed by atoms with Crippen LogP contribution >= 0.6 is 0 Å². The third kappa shape index (κ3) is 3.57. The van der Waals surface area contributed by atoms with Gasteiger partial charge in [-0.25, -0.2) is 9.67 Å². The van der Waals surface area contributed by atoms with Gasteiger partial charge in [-0.05, 0) is 31.2 Å². The van der Waals surface area contributed by atoms with Gasteiger partial charge in [-0.15, -0.1) is 0 Å². The Balaban J connectivity index is 1.96. The van der Waals surface area contributed by atoms with Gasteiger partial charge < -0.3 is 10.5 Å². The predicted octanol–water partition coefficient (Wildman–Crippen LogP) is 1.19. The lowest BCUT2D eigenvalue weighted by Gasteiger charge is -2.06. The number of ether oxygens (including phenoxy) is 1. The minimum Gasteiger partial charge on any atom is -0.486 e. The van der Waals surface area contributed by atoms with Crippen LogP contribution in [0.5, 0.6) is 5.75 Å². The summed E-state index contributed by atoms with van der Waals surface area (Å²) in [6.45, 7) is 3.57. The van der Waals surface area contributed by atoms with Gasteiger partial charge >= 0.3 is 0 Å². The lowest BCUT2D eigenvalue weighted by molar-refractivity contribution is 0.287. The first-order valence-electron chi connectivity index (χ1n) is 6.12. The van der Waals surface area contributed by atoms with Crippen LogP contribution in [0.3, 0.4) is 0 Å². The summed E-state index contributed by atoms with van der Waals surface area (Å²) < 4.78 is 7.46. The molecule has 0 aliphatic rings. The van der Waals surface area contributed by atoms with Crippen LogP contribution in [0.2, 0.25) is 0 Å². The lowest BCUT2D eigenvalue weighted by Crippen LogP contribution is -2.07. The highest BCUT2D eigenvalue weighted by Gasteiger charge is 2.03. The molecule has 1 heterocycles. The zero-order valence-corrected chi connectivity index (χ0v) is 10.8. The molecule has 0 amide bonds. The molecule has 2 rings (SSSR count). The van der Waals surface area contributed by atoms with Crippen LogP contribution in [-0.4, -0.2) is 21.3 Å². The summed E-state index contributed by atoms with van der Waals surface area (Å²) in [4.78, 5) is 4.15.